The second-order valence-corrected chi connectivity index (χ2v) is 4.83. The number of carbonyl (C=O) groups is 1. The van der Waals surface area contributed by atoms with Gasteiger partial charge in [0.05, 0.1) is 0 Å². The minimum absolute atomic E-state index is 0.318. The Balaban J connectivity index is 0.000000265. The fourth-order valence-corrected chi connectivity index (χ4v) is 1.23. The Morgan fingerprint density at radius 3 is 2.20 bits per heavy atom. The van der Waals surface area contributed by atoms with Gasteiger partial charge in [-0.25, -0.2) is 0 Å². The number of nitrogens with zero attached hydrogens (tertiary/aromatic N) is 1. The van der Waals surface area contributed by atoms with Gasteiger partial charge in [-0.05, 0) is 40.5 Å². The Kier molecular flexibility index (Phi) is 6.52. The highest BCUT2D eigenvalue weighted by molar-refractivity contribution is 5.37. The van der Waals surface area contributed by atoms with Crippen LogP contribution in [-0.4, -0.2) is 34.9 Å². The first kappa shape index (κ1) is 14.4. The summed E-state index contributed by atoms with van der Waals surface area (Å²) >= 11 is 0. The molecule has 1 N–H and O–H groups in total. The van der Waals surface area contributed by atoms with Crippen molar-refractivity contribution in [2.75, 3.05) is 6.54 Å². The van der Waals surface area contributed by atoms with E-state index in [1.54, 1.807) is 0 Å². The molecule has 0 amide bonds. The standard InChI is InChI=1S/C6H13NO.C5H10O2/c1-6-4-2-3-5-7(6)8;1-5(2,3)7-4-6/h6,8H,2-5H2,1H3;4H,1-3H3. The first-order valence-corrected chi connectivity index (χ1v) is 5.44. The van der Waals surface area contributed by atoms with E-state index < -0.39 is 0 Å². The Morgan fingerprint density at radius 1 is 1.40 bits per heavy atom. The molecular formula is C11H23NO3. The highest BCUT2D eigenvalue weighted by Crippen LogP contribution is 2.12. The van der Waals surface area contributed by atoms with Crippen LogP contribution in [-0.2, 0) is 9.53 Å². The molecule has 0 bridgehead atoms. The van der Waals surface area contributed by atoms with E-state index in [1.165, 1.54) is 11.5 Å². The zero-order chi connectivity index (χ0) is 11.9. The molecule has 1 aliphatic rings. The van der Waals surface area contributed by atoms with Crippen LogP contribution in [0.2, 0.25) is 0 Å². The molecule has 1 aliphatic heterocycles. The summed E-state index contributed by atoms with van der Waals surface area (Å²) in [7, 11) is 0. The van der Waals surface area contributed by atoms with E-state index in [2.05, 4.69) is 11.7 Å². The zero-order valence-electron chi connectivity index (χ0n) is 10.2. The predicted octanol–water partition coefficient (Wildman–Crippen LogP) is 2.21. The van der Waals surface area contributed by atoms with Gasteiger partial charge in [-0.1, -0.05) is 6.42 Å². The van der Waals surface area contributed by atoms with Gasteiger partial charge in [-0.15, -0.1) is 0 Å². The van der Waals surface area contributed by atoms with Crippen molar-refractivity contribution in [2.45, 2.75) is 58.6 Å². The number of hydrogen-bond acceptors (Lipinski definition) is 4. The van der Waals surface area contributed by atoms with Gasteiger partial charge in [-0.2, -0.15) is 5.06 Å². The molecule has 0 aromatic heterocycles. The molecule has 1 fully saturated rings. The molecular weight excluding hydrogens is 194 g/mol. The number of carbonyl (C=O) groups excluding carboxylic acids is 1. The smallest absolute Gasteiger partial charge is 0.293 e. The van der Waals surface area contributed by atoms with Crippen molar-refractivity contribution in [3.8, 4) is 0 Å². The van der Waals surface area contributed by atoms with Crippen molar-refractivity contribution in [1.29, 1.82) is 0 Å². The lowest BCUT2D eigenvalue weighted by Crippen LogP contribution is -2.34. The topological polar surface area (TPSA) is 49.8 Å². The number of hydrogen-bond donors (Lipinski definition) is 1. The molecule has 0 saturated carbocycles. The zero-order valence-corrected chi connectivity index (χ0v) is 10.2. The van der Waals surface area contributed by atoms with Crippen molar-refractivity contribution in [3.63, 3.8) is 0 Å². The van der Waals surface area contributed by atoms with Gasteiger partial charge in [0.15, 0.2) is 0 Å². The fourth-order valence-electron chi connectivity index (χ4n) is 1.23. The Morgan fingerprint density at radius 2 is 2.00 bits per heavy atom. The van der Waals surface area contributed by atoms with Crippen LogP contribution in [0.5, 0.6) is 0 Å². The van der Waals surface area contributed by atoms with Crippen LogP contribution >= 0.6 is 0 Å². The monoisotopic (exact) mass is 217 g/mol. The van der Waals surface area contributed by atoms with Crippen molar-refractivity contribution in [2.24, 2.45) is 0 Å². The van der Waals surface area contributed by atoms with E-state index in [4.69, 9.17) is 5.21 Å². The molecule has 0 spiro atoms. The number of piperidine rings is 1. The molecule has 0 aromatic rings. The summed E-state index contributed by atoms with van der Waals surface area (Å²) in [6.45, 7) is 8.84. The maximum atomic E-state index is 9.60. The molecule has 15 heavy (non-hydrogen) atoms. The minimum atomic E-state index is -0.318. The molecule has 0 aliphatic carbocycles. The minimum Gasteiger partial charge on any atom is -0.462 e. The molecule has 4 heteroatoms. The van der Waals surface area contributed by atoms with Gasteiger partial charge >= 0.3 is 0 Å². The molecule has 90 valence electrons. The van der Waals surface area contributed by atoms with Gasteiger partial charge in [0, 0.05) is 12.6 Å². The summed E-state index contributed by atoms with van der Waals surface area (Å²) in [5.41, 5.74) is -0.318. The lowest BCUT2D eigenvalue weighted by atomic mass is 10.1. The molecule has 0 aromatic carbocycles. The van der Waals surface area contributed by atoms with Crippen LogP contribution in [0.15, 0.2) is 0 Å². The van der Waals surface area contributed by atoms with E-state index in [1.807, 2.05) is 20.8 Å². The lowest BCUT2D eigenvalue weighted by Gasteiger charge is -2.26. The van der Waals surface area contributed by atoms with Crippen molar-refractivity contribution in [1.82, 2.24) is 5.06 Å². The van der Waals surface area contributed by atoms with Crippen molar-refractivity contribution < 1.29 is 14.7 Å². The molecule has 1 heterocycles. The van der Waals surface area contributed by atoms with Crippen LogP contribution in [0.3, 0.4) is 0 Å². The average Bonchev–Trinajstić information content (AvgIpc) is 2.09. The van der Waals surface area contributed by atoms with E-state index in [-0.39, 0.29) is 5.60 Å². The summed E-state index contributed by atoms with van der Waals surface area (Å²) < 4.78 is 4.55. The van der Waals surface area contributed by atoms with Gasteiger partial charge in [-0.3, -0.25) is 4.79 Å². The fraction of sp³-hybridized carbons (Fsp3) is 0.909. The third-order valence-corrected chi connectivity index (χ3v) is 2.17. The molecule has 1 saturated heterocycles. The Hall–Kier alpha value is -0.610. The molecule has 1 rings (SSSR count). The summed E-state index contributed by atoms with van der Waals surface area (Å²) in [6.07, 6.45) is 3.58. The SMILES string of the molecule is CC(C)(C)OC=O.CC1CCCCN1O. The normalized spacial score (nSPS) is 22.6. The highest BCUT2D eigenvalue weighted by atomic mass is 16.5. The van der Waals surface area contributed by atoms with Gasteiger partial charge in [0.2, 0.25) is 0 Å². The number of rotatable bonds is 1. The van der Waals surface area contributed by atoms with E-state index in [0.717, 1.165) is 19.4 Å². The third-order valence-electron chi connectivity index (χ3n) is 2.17. The highest BCUT2D eigenvalue weighted by Gasteiger charge is 2.14. The first-order valence-electron chi connectivity index (χ1n) is 5.44. The molecule has 0 radical (unpaired) electrons. The quantitative estimate of drug-likeness (QED) is 0.684. The average molecular weight is 217 g/mol. The van der Waals surface area contributed by atoms with Crippen molar-refractivity contribution >= 4 is 6.47 Å². The van der Waals surface area contributed by atoms with E-state index in [0.29, 0.717) is 12.5 Å². The molecule has 4 nitrogen and oxygen atoms in total. The van der Waals surface area contributed by atoms with Gasteiger partial charge < -0.3 is 9.94 Å². The van der Waals surface area contributed by atoms with Gasteiger partial charge in [0.25, 0.3) is 6.47 Å². The van der Waals surface area contributed by atoms with Gasteiger partial charge in [0.1, 0.15) is 5.60 Å². The van der Waals surface area contributed by atoms with Crippen LogP contribution in [0, 0.1) is 0 Å². The van der Waals surface area contributed by atoms with E-state index in [9.17, 15) is 4.79 Å². The summed E-state index contributed by atoms with van der Waals surface area (Å²) in [5.74, 6) is 0. The third kappa shape index (κ3) is 8.39. The van der Waals surface area contributed by atoms with Crippen LogP contribution in [0.4, 0.5) is 0 Å². The second-order valence-electron chi connectivity index (χ2n) is 4.83. The maximum Gasteiger partial charge on any atom is 0.293 e. The van der Waals surface area contributed by atoms with Crippen molar-refractivity contribution in [3.05, 3.63) is 0 Å². The predicted molar refractivity (Wildman–Crippen MR) is 58.7 cm³/mol. The summed E-state index contributed by atoms with van der Waals surface area (Å²) in [6, 6.07) is 0.392. The Bertz CT molecular complexity index is 167. The molecule has 1 atom stereocenters. The van der Waals surface area contributed by atoms with Crippen LogP contribution in [0.1, 0.15) is 47.0 Å². The number of ether oxygens (including phenoxy) is 1. The Labute approximate surface area is 92.2 Å². The summed E-state index contributed by atoms with van der Waals surface area (Å²) in [5, 5.41) is 10.4. The lowest BCUT2D eigenvalue weighted by molar-refractivity contribution is -0.138. The largest absolute Gasteiger partial charge is 0.462 e. The first-order chi connectivity index (χ1) is 6.87. The van der Waals surface area contributed by atoms with Crippen LogP contribution in [0.25, 0.3) is 0 Å². The van der Waals surface area contributed by atoms with Crippen LogP contribution < -0.4 is 0 Å². The molecule has 1 unspecified atom stereocenters. The second kappa shape index (κ2) is 6.80. The maximum absolute atomic E-state index is 9.60. The summed E-state index contributed by atoms with van der Waals surface area (Å²) in [4.78, 5) is 9.60. The number of hydroxylamine groups is 2. The van der Waals surface area contributed by atoms with E-state index >= 15 is 0 Å².